The Morgan fingerprint density at radius 1 is 0.962 bits per heavy atom. The van der Waals surface area contributed by atoms with Gasteiger partial charge in [0.1, 0.15) is 55.4 Å². The van der Waals surface area contributed by atoms with Crippen LogP contribution in [0.5, 0.6) is 0 Å². The quantitative estimate of drug-likeness (QED) is 0.175. The van der Waals surface area contributed by atoms with Crippen LogP contribution in [-0.2, 0) is 19.0 Å². The summed E-state index contributed by atoms with van der Waals surface area (Å²) in [5.74, 6) is -0.711. The molecule has 9 atom stereocenters. The maximum atomic E-state index is 10.6. The third kappa shape index (κ3) is 6.06. The van der Waals surface area contributed by atoms with Crippen LogP contribution in [0.3, 0.4) is 0 Å². The smallest absolute Gasteiger partial charge is 0.302 e. The summed E-state index contributed by atoms with van der Waals surface area (Å²) in [6.07, 6.45) is -14.9. The average molecular weight is 386 g/mol. The highest BCUT2D eigenvalue weighted by atomic mass is 16.7. The third-order valence-corrected chi connectivity index (χ3v) is 3.88. The Morgan fingerprint density at radius 2 is 1.50 bits per heavy atom. The Bertz CT molecular complexity index is 432. The highest BCUT2D eigenvalue weighted by Gasteiger charge is 2.44. The van der Waals surface area contributed by atoms with Gasteiger partial charge < -0.3 is 55.1 Å². The van der Waals surface area contributed by atoms with Gasteiger partial charge in [-0.1, -0.05) is 0 Å². The molecule has 0 spiro atoms. The van der Waals surface area contributed by atoms with Crippen molar-refractivity contribution in [1.29, 1.82) is 0 Å². The zero-order valence-corrected chi connectivity index (χ0v) is 14.0. The molecule has 1 rings (SSSR count). The molecule has 12 heteroatoms. The van der Waals surface area contributed by atoms with Crippen molar-refractivity contribution in [2.75, 3.05) is 19.8 Å². The second-order valence-corrected chi connectivity index (χ2v) is 5.95. The van der Waals surface area contributed by atoms with Crippen molar-refractivity contribution in [2.24, 2.45) is 0 Å². The number of carbonyl (C=O) groups excluding carboxylic acids is 1. The van der Waals surface area contributed by atoms with Crippen molar-refractivity contribution in [3.63, 3.8) is 0 Å². The summed E-state index contributed by atoms with van der Waals surface area (Å²) >= 11 is 0. The van der Waals surface area contributed by atoms with Crippen LogP contribution in [0.4, 0.5) is 0 Å². The molecule has 12 nitrogen and oxygen atoms in total. The monoisotopic (exact) mass is 386 g/mol. The lowest BCUT2D eigenvalue weighted by atomic mass is 9.99. The Balaban J connectivity index is 2.53. The van der Waals surface area contributed by atoms with Gasteiger partial charge in [-0.15, -0.1) is 0 Å². The van der Waals surface area contributed by atoms with Gasteiger partial charge in [0.25, 0.3) is 0 Å². The summed E-state index contributed by atoms with van der Waals surface area (Å²) < 4.78 is 14.5. The number of rotatable bonds is 9. The first-order valence-corrected chi connectivity index (χ1v) is 7.87. The third-order valence-electron chi connectivity index (χ3n) is 3.88. The van der Waals surface area contributed by atoms with Gasteiger partial charge >= 0.3 is 5.97 Å². The molecule has 1 aliphatic rings. The van der Waals surface area contributed by atoms with Gasteiger partial charge in [0.15, 0.2) is 6.29 Å². The summed E-state index contributed by atoms with van der Waals surface area (Å²) in [6, 6.07) is 0. The van der Waals surface area contributed by atoms with Crippen LogP contribution >= 0.6 is 0 Å². The fourth-order valence-electron chi connectivity index (χ4n) is 2.25. The number of hydrogen-bond acceptors (Lipinski definition) is 12. The van der Waals surface area contributed by atoms with Gasteiger partial charge in [0, 0.05) is 6.92 Å². The van der Waals surface area contributed by atoms with Gasteiger partial charge in [0.05, 0.1) is 13.2 Å². The molecule has 26 heavy (non-hydrogen) atoms. The number of aliphatic hydroxyl groups is 8. The number of hydrogen-bond donors (Lipinski definition) is 8. The first-order valence-electron chi connectivity index (χ1n) is 7.87. The van der Waals surface area contributed by atoms with Crippen molar-refractivity contribution < 1.29 is 59.9 Å². The SMILES string of the molecule is CC(=O)OCC(O)C(O)C(O)C(O)COC1OC(CO)C(O)C(O)C1O. The Hall–Kier alpha value is -0.930. The summed E-state index contributed by atoms with van der Waals surface area (Å²) in [4.78, 5) is 10.6. The summed E-state index contributed by atoms with van der Waals surface area (Å²) in [7, 11) is 0. The summed E-state index contributed by atoms with van der Waals surface area (Å²) in [5.41, 5.74) is 0. The lowest BCUT2D eigenvalue weighted by molar-refractivity contribution is -0.306. The second-order valence-electron chi connectivity index (χ2n) is 5.95. The van der Waals surface area contributed by atoms with Crippen LogP contribution in [-0.4, -0.2) is 122 Å². The molecule has 1 fully saturated rings. The minimum Gasteiger partial charge on any atom is -0.463 e. The number of aliphatic hydroxyl groups excluding tert-OH is 8. The molecule has 0 aromatic heterocycles. The molecule has 1 aliphatic heterocycles. The van der Waals surface area contributed by atoms with Crippen LogP contribution in [0.15, 0.2) is 0 Å². The van der Waals surface area contributed by atoms with Crippen LogP contribution in [0, 0.1) is 0 Å². The molecule has 1 saturated heterocycles. The van der Waals surface area contributed by atoms with Crippen molar-refractivity contribution >= 4 is 5.97 Å². The molecule has 0 aliphatic carbocycles. The van der Waals surface area contributed by atoms with Crippen molar-refractivity contribution in [3.05, 3.63) is 0 Å². The first-order chi connectivity index (χ1) is 12.1. The van der Waals surface area contributed by atoms with E-state index in [4.69, 9.17) is 14.6 Å². The van der Waals surface area contributed by atoms with E-state index in [-0.39, 0.29) is 0 Å². The predicted molar refractivity (Wildman–Crippen MR) is 80.4 cm³/mol. The Morgan fingerprint density at radius 3 is 2.00 bits per heavy atom. The van der Waals surface area contributed by atoms with E-state index in [0.717, 1.165) is 6.92 Å². The van der Waals surface area contributed by atoms with Crippen LogP contribution in [0.25, 0.3) is 0 Å². The predicted octanol–water partition coefficient (Wildman–Crippen LogP) is -5.19. The second kappa shape index (κ2) is 10.4. The van der Waals surface area contributed by atoms with E-state index in [1.165, 1.54) is 0 Å². The molecule has 0 aromatic rings. The van der Waals surface area contributed by atoms with E-state index in [9.17, 15) is 40.5 Å². The molecule has 1 heterocycles. The summed E-state index contributed by atoms with van der Waals surface area (Å²) in [5, 5.41) is 77.0. The van der Waals surface area contributed by atoms with Crippen LogP contribution in [0.2, 0.25) is 0 Å². The lowest BCUT2D eigenvalue weighted by Crippen LogP contribution is -2.59. The van der Waals surface area contributed by atoms with Gasteiger partial charge in [-0.25, -0.2) is 0 Å². The molecule has 0 bridgehead atoms. The molecule has 0 amide bonds. The molecule has 0 aromatic carbocycles. The van der Waals surface area contributed by atoms with E-state index < -0.39 is 80.9 Å². The fourth-order valence-corrected chi connectivity index (χ4v) is 2.25. The zero-order valence-electron chi connectivity index (χ0n) is 14.0. The molecule has 8 N–H and O–H groups in total. The summed E-state index contributed by atoms with van der Waals surface area (Å²) in [6.45, 7) is -0.884. The van der Waals surface area contributed by atoms with Gasteiger partial charge in [-0.05, 0) is 0 Å². The topological polar surface area (TPSA) is 207 Å². The van der Waals surface area contributed by atoms with E-state index in [1.54, 1.807) is 0 Å². The zero-order chi connectivity index (χ0) is 20.0. The Kier molecular flexibility index (Phi) is 9.26. The highest BCUT2D eigenvalue weighted by molar-refractivity contribution is 5.65. The van der Waals surface area contributed by atoms with E-state index in [0.29, 0.717) is 0 Å². The van der Waals surface area contributed by atoms with Gasteiger partial charge in [-0.3, -0.25) is 4.79 Å². The molecular formula is C14H26O12. The first kappa shape index (κ1) is 23.1. The standard InChI is InChI=1S/C14H26O12/c1-5(16)24-3-6(17)9(19)10(20)7(18)4-25-14-13(23)12(22)11(21)8(2-15)26-14/h6-15,17-23H,2-4H2,1H3. The maximum absolute atomic E-state index is 10.6. The van der Waals surface area contributed by atoms with E-state index in [1.807, 2.05) is 0 Å². The molecule has 0 saturated carbocycles. The average Bonchev–Trinajstić information content (AvgIpc) is 2.61. The maximum Gasteiger partial charge on any atom is 0.302 e. The van der Waals surface area contributed by atoms with Crippen molar-refractivity contribution in [1.82, 2.24) is 0 Å². The highest BCUT2D eigenvalue weighted by Crippen LogP contribution is 2.22. The number of ether oxygens (including phenoxy) is 3. The molecule has 9 unspecified atom stereocenters. The van der Waals surface area contributed by atoms with Gasteiger partial charge in [-0.2, -0.15) is 0 Å². The van der Waals surface area contributed by atoms with Crippen molar-refractivity contribution in [2.45, 2.75) is 62.0 Å². The fraction of sp³-hybridized carbons (Fsp3) is 0.929. The van der Waals surface area contributed by atoms with Gasteiger partial charge in [0.2, 0.25) is 0 Å². The minimum atomic E-state index is -1.90. The molecular weight excluding hydrogens is 360 g/mol. The lowest BCUT2D eigenvalue weighted by Gasteiger charge is -2.40. The number of carbonyl (C=O) groups is 1. The number of esters is 1. The van der Waals surface area contributed by atoms with Crippen LogP contribution < -0.4 is 0 Å². The van der Waals surface area contributed by atoms with E-state index in [2.05, 4.69) is 4.74 Å². The largest absolute Gasteiger partial charge is 0.463 e. The Labute approximate surface area is 148 Å². The van der Waals surface area contributed by atoms with Crippen molar-refractivity contribution in [3.8, 4) is 0 Å². The van der Waals surface area contributed by atoms with Crippen LogP contribution in [0.1, 0.15) is 6.92 Å². The minimum absolute atomic E-state index is 0.603. The van der Waals surface area contributed by atoms with E-state index >= 15 is 0 Å². The normalized spacial score (nSPS) is 34.0. The molecule has 0 radical (unpaired) electrons. The molecule has 154 valence electrons.